The molecule has 0 spiro atoms. The van der Waals surface area contributed by atoms with Gasteiger partial charge in [-0.05, 0) is 12.1 Å². The minimum absolute atomic E-state index is 0.184. The molecule has 9 heteroatoms. The number of nitrogen functional groups attached to an aromatic ring is 1. The minimum Gasteiger partial charge on any atom is -0.289 e. The second-order valence-electron chi connectivity index (χ2n) is 3.48. The molecule has 100 valence electrons. The van der Waals surface area contributed by atoms with Crippen LogP contribution in [-0.4, -0.2) is 31.6 Å². The molecule has 19 heavy (non-hydrogen) atoms. The van der Waals surface area contributed by atoms with E-state index in [2.05, 4.69) is 15.3 Å². The Morgan fingerprint density at radius 2 is 2.42 bits per heavy atom. The standard InChI is InChI=1S/C10H11ClN6OS/c11-7-2-1-3-13-10(7)19-5-4-17-6-8(15-16-17)9(18)14-12/h1-3,6H,4-5,12H2,(H,14,18). The van der Waals surface area contributed by atoms with Crippen LogP contribution in [0.4, 0.5) is 0 Å². The van der Waals surface area contributed by atoms with Gasteiger partial charge in [-0.3, -0.25) is 14.9 Å². The zero-order valence-corrected chi connectivity index (χ0v) is 11.4. The van der Waals surface area contributed by atoms with Crippen LogP contribution in [0.15, 0.2) is 29.6 Å². The average molecular weight is 299 g/mol. The summed E-state index contributed by atoms with van der Waals surface area (Å²) in [5.74, 6) is 5.25. The van der Waals surface area contributed by atoms with E-state index in [-0.39, 0.29) is 5.69 Å². The van der Waals surface area contributed by atoms with Crippen molar-refractivity contribution in [3.63, 3.8) is 0 Å². The average Bonchev–Trinajstić information content (AvgIpc) is 2.89. The second-order valence-corrected chi connectivity index (χ2v) is 4.97. The summed E-state index contributed by atoms with van der Waals surface area (Å²) < 4.78 is 1.56. The SMILES string of the molecule is NNC(=O)c1cn(CCSc2ncccc2Cl)nn1. The van der Waals surface area contributed by atoms with Crippen LogP contribution < -0.4 is 11.3 Å². The third kappa shape index (κ3) is 3.66. The van der Waals surface area contributed by atoms with Crippen molar-refractivity contribution < 1.29 is 4.79 Å². The van der Waals surface area contributed by atoms with Crippen molar-refractivity contribution in [1.29, 1.82) is 0 Å². The minimum atomic E-state index is -0.466. The molecule has 0 aliphatic heterocycles. The Morgan fingerprint density at radius 1 is 1.58 bits per heavy atom. The molecule has 0 radical (unpaired) electrons. The number of halogens is 1. The van der Waals surface area contributed by atoms with E-state index >= 15 is 0 Å². The van der Waals surface area contributed by atoms with Gasteiger partial charge in [0.2, 0.25) is 0 Å². The van der Waals surface area contributed by atoms with Gasteiger partial charge in [-0.15, -0.1) is 16.9 Å². The van der Waals surface area contributed by atoms with Crippen molar-refractivity contribution in [3.8, 4) is 0 Å². The summed E-state index contributed by atoms with van der Waals surface area (Å²) in [6.45, 7) is 0.586. The molecule has 2 rings (SSSR count). The smallest absolute Gasteiger partial charge is 0.287 e. The first-order valence-corrected chi connectivity index (χ1v) is 6.71. The molecule has 7 nitrogen and oxygen atoms in total. The largest absolute Gasteiger partial charge is 0.289 e. The molecule has 0 saturated carbocycles. The molecule has 0 aliphatic carbocycles. The van der Waals surface area contributed by atoms with Gasteiger partial charge in [0.05, 0.1) is 17.8 Å². The van der Waals surface area contributed by atoms with Crippen molar-refractivity contribution in [3.05, 3.63) is 35.2 Å². The van der Waals surface area contributed by atoms with Crippen molar-refractivity contribution in [2.75, 3.05) is 5.75 Å². The van der Waals surface area contributed by atoms with Crippen LogP contribution in [0.2, 0.25) is 5.02 Å². The Bertz CT molecular complexity index is 575. The van der Waals surface area contributed by atoms with Crippen molar-refractivity contribution in [2.24, 2.45) is 5.84 Å². The summed E-state index contributed by atoms with van der Waals surface area (Å²) in [7, 11) is 0. The quantitative estimate of drug-likeness (QED) is 0.365. The third-order valence-corrected chi connectivity index (χ3v) is 3.59. The molecule has 2 aromatic rings. The first-order chi connectivity index (χ1) is 9.20. The number of hydrogen-bond acceptors (Lipinski definition) is 6. The predicted molar refractivity (Wildman–Crippen MR) is 71.6 cm³/mol. The van der Waals surface area contributed by atoms with Crippen LogP contribution in [0.5, 0.6) is 0 Å². The summed E-state index contributed by atoms with van der Waals surface area (Å²) in [5.41, 5.74) is 2.18. The molecule has 1 amide bonds. The van der Waals surface area contributed by atoms with Crippen LogP contribution in [0, 0.1) is 0 Å². The Kier molecular flexibility index (Phi) is 4.72. The summed E-state index contributed by atoms with van der Waals surface area (Å²) in [6, 6.07) is 3.57. The Morgan fingerprint density at radius 3 is 3.16 bits per heavy atom. The van der Waals surface area contributed by atoms with Crippen molar-refractivity contribution >= 4 is 29.3 Å². The molecule has 0 unspecified atom stereocenters. The number of nitrogens with zero attached hydrogens (tertiary/aromatic N) is 4. The fourth-order valence-electron chi connectivity index (χ4n) is 1.30. The van der Waals surface area contributed by atoms with Gasteiger partial charge in [0.1, 0.15) is 5.03 Å². The molecule has 0 bridgehead atoms. The zero-order valence-electron chi connectivity index (χ0n) is 9.78. The molecule has 0 saturated heterocycles. The number of hydrogen-bond donors (Lipinski definition) is 2. The number of carbonyl (C=O) groups excluding carboxylic acids is 1. The van der Waals surface area contributed by atoms with Crippen LogP contribution in [0.1, 0.15) is 10.5 Å². The first-order valence-electron chi connectivity index (χ1n) is 5.35. The lowest BCUT2D eigenvalue weighted by molar-refractivity contribution is 0.0948. The van der Waals surface area contributed by atoms with Gasteiger partial charge < -0.3 is 0 Å². The van der Waals surface area contributed by atoms with E-state index in [1.807, 2.05) is 5.43 Å². The lowest BCUT2D eigenvalue weighted by atomic mass is 10.5. The van der Waals surface area contributed by atoms with E-state index in [1.165, 1.54) is 18.0 Å². The molecular weight excluding hydrogens is 288 g/mol. The number of nitrogens with two attached hydrogens (primary N) is 1. The van der Waals surface area contributed by atoms with E-state index in [1.54, 1.807) is 23.0 Å². The van der Waals surface area contributed by atoms with Crippen molar-refractivity contribution in [2.45, 2.75) is 11.6 Å². The molecule has 0 aromatic carbocycles. The lowest BCUT2D eigenvalue weighted by Gasteiger charge is -2.02. The fourth-order valence-corrected chi connectivity index (χ4v) is 2.40. The number of thioether (sulfide) groups is 1. The summed E-state index contributed by atoms with van der Waals surface area (Å²) in [6.07, 6.45) is 3.22. The number of nitrogens with one attached hydrogen (secondary N) is 1. The number of hydrazine groups is 1. The molecule has 0 aliphatic rings. The van der Waals surface area contributed by atoms with Gasteiger partial charge in [-0.2, -0.15) is 0 Å². The number of aromatic nitrogens is 4. The van der Waals surface area contributed by atoms with Gasteiger partial charge in [0.15, 0.2) is 5.69 Å². The van der Waals surface area contributed by atoms with E-state index in [9.17, 15) is 4.79 Å². The van der Waals surface area contributed by atoms with E-state index in [4.69, 9.17) is 17.4 Å². The van der Waals surface area contributed by atoms with Crippen LogP contribution in [0.25, 0.3) is 0 Å². The van der Waals surface area contributed by atoms with E-state index in [0.29, 0.717) is 17.3 Å². The third-order valence-electron chi connectivity index (χ3n) is 2.19. The zero-order chi connectivity index (χ0) is 13.7. The van der Waals surface area contributed by atoms with E-state index < -0.39 is 5.91 Å². The number of pyridine rings is 1. The van der Waals surface area contributed by atoms with Gasteiger partial charge in [0, 0.05) is 11.9 Å². The normalized spacial score (nSPS) is 10.4. The van der Waals surface area contributed by atoms with E-state index in [0.717, 1.165) is 5.03 Å². The summed E-state index contributed by atoms with van der Waals surface area (Å²) in [5, 5.41) is 8.91. The molecule has 2 aromatic heterocycles. The Balaban J connectivity index is 1.88. The summed E-state index contributed by atoms with van der Waals surface area (Å²) in [4.78, 5) is 15.3. The Labute approximate surface area is 118 Å². The number of carbonyl (C=O) groups is 1. The molecule has 3 N–H and O–H groups in total. The number of rotatable bonds is 5. The predicted octanol–water partition coefficient (Wildman–Crippen LogP) is 0.722. The lowest BCUT2D eigenvalue weighted by Crippen LogP contribution is -2.30. The van der Waals surface area contributed by atoms with Crippen LogP contribution in [-0.2, 0) is 6.54 Å². The van der Waals surface area contributed by atoms with Crippen LogP contribution >= 0.6 is 23.4 Å². The van der Waals surface area contributed by atoms with Crippen molar-refractivity contribution in [1.82, 2.24) is 25.4 Å². The maximum absolute atomic E-state index is 11.2. The number of aryl methyl sites for hydroxylation is 1. The molecular formula is C10H11ClN6OS. The van der Waals surface area contributed by atoms with Gasteiger partial charge in [-0.1, -0.05) is 16.8 Å². The highest BCUT2D eigenvalue weighted by Crippen LogP contribution is 2.23. The molecule has 0 atom stereocenters. The van der Waals surface area contributed by atoms with Gasteiger partial charge in [0.25, 0.3) is 5.91 Å². The molecule has 2 heterocycles. The number of amides is 1. The molecule has 0 fully saturated rings. The van der Waals surface area contributed by atoms with Gasteiger partial charge in [-0.25, -0.2) is 10.8 Å². The maximum atomic E-state index is 11.2. The fraction of sp³-hybridized carbons (Fsp3) is 0.200. The highest BCUT2D eigenvalue weighted by Gasteiger charge is 2.09. The second kappa shape index (κ2) is 6.50. The van der Waals surface area contributed by atoms with Gasteiger partial charge >= 0.3 is 0 Å². The maximum Gasteiger partial charge on any atom is 0.287 e. The summed E-state index contributed by atoms with van der Waals surface area (Å²) >= 11 is 7.49. The monoisotopic (exact) mass is 298 g/mol. The first kappa shape index (κ1) is 13.8. The van der Waals surface area contributed by atoms with Crippen LogP contribution in [0.3, 0.4) is 0 Å². The topological polar surface area (TPSA) is 98.7 Å². The highest BCUT2D eigenvalue weighted by atomic mass is 35.5. The Hall–Kier alpha value is -1.64. The highest BCUT2D eigenvalue weighted by molar-refractivity contribution is 7.99.